The molecular weight excluding hydrogens is 617 g/mol. The molecule has 1 unspecified atom stereocenters. The molecule has 0 fully saturated rings. The lowest BCUT2D eigenvalue weighted by atomic mass is 10.1. The van der Waals surface area contributed by atoms with Crippen molar-refractivity contribution in [1.29, 1.82) is 0 Å². The Balaban J connectivity index is 4.28. The molecule has 274 valence electrons. The summed E-state index contributed by atoms with van der Waals surface area (Å²) in [5.41, 5.74) is 5.32. The van der Waals surface area contributed by atoms with Gasteiger partial charge in [0.1, 0.15) is 6.61 Å². The topological polar surface area (TPSA) is 134 Å². The Bertz CT molecular complexity index is 876. The van der Waals surface area contributed by atoms with Crippen molar-refractivity contribution in [3.8, 4) is 0 Å². The number of esters is 2. The van der Waals surface area contributed by atoms with Gasteiger partial charge in [0.15, 0.2) is 6.10 Å². The Morgan fingerprint density at radius 1 is 0.638 bits per heavy atom. The summed E-state index contributed by atoms with van der Waals surface area (Å²) >= 11 is 0. The maximum Gasteiger partial charge on any atom is 0.472 e. The number of hydrogen-bond donors (Lipinski definition) is 2. The lowest BCUT2D eigenvalue weighted by Gasteiger charge is -2.19. The molecule has 0 saturated heterocycles. The van der Waals surface area contributed by atoms with E-state index in [2.05, 4.69) is 50.3 Å². The average molecular weight is 686 g/mol. The number of hydrogen-bond acceptors (Lipinski definition) is 8. The fourth-order valence-electron chi connectivity index (χ4n) is 4.70. The lowest BCUT2D eigenvalue weighted by molar-refractivity contribution is -0.161. The zero-order valence-corrected chi connectivity index (χ0v) is 30.7. The van der Waals surface area contributed by atoms with Crippen LogP contribution in [0.4, 0.5) is 0 Å². The van der Waals surface area contributed by atoms with Crippen molar-refractivity contribution in [2.24, 2.45) is 5.73 Å². The Labute approximate surface area is 286 Å². The fraction of sp³-hybridized carbons (Fsp3) is 0.784. The van der Waals surface area contributed by atoms with E-state index in [1.54, 1.807) is 0 Å². The summed E-state index contributed by atoms with van der Waals surface area (Å²) in [5, 5.41) is 0. The number of carbonyl (C=O) groups excluding carboxylic acids is 2. The predicted octanol–water partition coefficient (Wildman–Crippen LogP) is 9.82. The molecule has 0 radical (unpaired) electrons. The van der Waals surface area contributed by atoms with E-state index < -0.39 is 32.5 Å². The number of phosphoric acid groups is 1. The summed E-state index contributed by atoms with van der Waals surface area (Å²) in [4.78, 5) is 34.6. The summed E-state index contributed by atoms with van der Waals surface area (Å²) < 4.78 is 32.6. The normalized spacial score (nSPS) is 13.9. The average Bonchev–Trinajstić information content (AvgIpc) is 3.05. The molecule has 0 bridgehead atoms. The first-order chi connectivity index (χ1) is 22.8. The summed E-state index contributed by atoms with van der Waals surface area (Å²) in [6, 6.07) is 0. The van der Waals surface area contributed by atoms with Crippen LogP contribution >= 0.6 is 7.82 Å². The summed E-state index contributed by atoms with van der Waals surface area (Å²) in [6.45, 7) is 3.62. The van der Waals surface area contributed by atoms with Crippen LogP contribution in [0.5, 0.6) is 0 Å². The molecule has 0 rings (SSSR count). The Morgan fingerprint density at radius 2 is 1.13 bits per heavy atom. The van der Waals surface area contributed by atoms with Crippen LogP contribution in [0, 0.1) is 0 Å². The van der Waals surface area contributed by atoms with Crippen LogP contribution in [0.2, 0.25) is 0 Å². The second kappa shape index (κ2) is 34.1. The van der Waals surface area contributed by atoms with Gasteiger partial charge in [-0.3, -0.25) is 18.6 Å². The highest BCUT2D eigenvalue weighted by Gasteiger charge is 2.25. The second-order valence-corrected chi connectivity index (χ2v) is 13.5. The molecule has 0 spiro atoms. The van der Waals surface area contributed by atoms with Gasteiger partial charge in [-0.2, -0.15) is 0 Å². The minimum absolute atomic E-state index is 0.0492. The van der Waals surface area contributed by atoms with Crippen molar-refractivity contribution in [1.82, 2.24) is 0 Å². The first-order valence-electron chi connectivity index (χ1n) is 18.5. The monoisotopic (exact) mass is 685 g/mol. The van der Waals surface area contributed by atoms with Gasteiger partial charge in [0.2, 0.25) is 0 Å². The van der Waals surface area contributed by atoms with E-state index in [1.807, 2.05) is 0 Å². The van der Waals surface area contributed by atoms with Crippen molar-refractivity contribution in [3.63, 3.8) is 0 Å². The minimum atomic E-state index is -4.37. The van der Waals surface area contributed by atoms with Gasteiger partial charge < -0.3 is 20.1 Å². The summed E-state index contributed by atoms with van der Waals surface area (Å²) in [7, 11) is -4.37. The number of phosphoric ester groups is 1. The zero-order chi connectivity index (χ0) is 34.7. The van der Waals surface area contributed by atoms with Crippen molar-refractivity contribution in [3.05, 3.63) is 36.5 Å². The largest absolute Gasteiger partial charge is 0.472 e. The predicted molar refractivity (Wildman–Crippen MR) is 192 cm³/mol. The van der Waals surface area contributed by atoms with Gasteiger partial charge in [0, 0.05) is 19.4 Å². The number of unbranched alkanes of at least 4 members (excludes halogenated alkanes) is 15. The fourth-order valence-corrected chi connectivity index (χ4v) is 5.47. The van der Waals surface area contributed by atoms with Crippen LogP contribution in [0.1, 0.15) is 155 Å². The first-order valence-corrected chi connectivity index (χ1v) is 20.0. The lowest BCUT2D eigenvalue weighted by Crippen LogP contribution is -2.29. The van der Waals surface area contributed by atoms with Gasteiger partial charge in [-0.15, -0.1) is 0 Å². The van der Waals surface area contributed by atoms with E-state index in [0.29, 0.717) is 6.42 Å². The Morgan fingerprint density at radius 3 is 1.70 bits per heavy atom. The van der Waals surface area contributed by atoms with Crippen LogP contribution in [0.15, 0.2) is 36.5 Å². The minimum Gasteiger partial charge on any atom is -0.462 e. The molecule has 47 heavy (non-hydrogen) atoms. The molecule has 0 saturated carbocycles. The van der Waals surface area contributed by atoms with E-state index >= 15 is 0 Å². The maximum atomic E-state index is 12.5. The molecule has 0 heterocycles. The van der Waals surface area contributed by atoms with Crippen molar-refractivity contribution < 1.29 is 37.6 Å². The van der Waals surface area contributed by atoms with Gasteiger partial charge in [-0.1, -0.05) is 115 Å². The van der Waals surface area contributed by atoms with Crippen molar-refractivity contribution in [2.45, 2.75) is 161 Å². The number of carbonyl (C=O) groups is 2. The highest BCUT2D eigenvalue weighted by molar-refractivity contribution is 7.47. The molecule has 0 aromatic carbocycles. The van der Waals surface area contributed by atoms with Crippen LogP contribution in [0.3, 0.4) is 0 Å². The third-order valence-corrected chi connectivity index (χ3v) is 8.48. The van der Waals surface area contributed by atoms with Crippen LogP contribution < -0.4 is 5.73 Å². The molecule has 10 heteroatoms. The van der Waals surface area contributed by atoms with Gasteiger partial charge in [0.05, 0.1) is 13.2 Å². The number of nitrogens with two attached hydrogens (primary N) is 1. The number of allylic oxidation sites excluding steroid dienone is 6. The Kier molecular flexibility index (Phi) is 32.8. The maximum absolute atomic E-state index is 12.5. The molecule has 0 aliphatic carbocycles. The van der Waals surface area contributed by atoms with Crippen LogP contribution in [0.25, 0.3) is 0 Å². The van der Waals surface area contributed by atoms with Gasteiger partial charge in [-0.05, 0) is 64.2 Å². The molecule has 9 nitrogen and oxygen atoms in total. The highest BCUT2D eigenvalue weighted by Crippen LogP contribution is 2.43. The molecule has 0 aromatic rings. The quantitative estimate of drug-likeness (QED) is 0.0294. The Hall–Kier alpha value is -1.77. The first kappa shape index (κ1) is 45.2. The van der Waals surface area contributed by atoms with Crippen LogP contribution in [-0.4, -0.2) is 49.3 Å². The second-order valence-electron chi connectivity index (χ2n) is 12.1. The molecular formula is C37H68NO8P. The van der Waals surface area contributed by atoms with Crippen LogP contribution in [-0.2, 0) is 32.7 Å². The molecule has 3 N–H and O–H groups in total. The molecule has 0 amide bonds. The van der Waals surface area contributed by atoms with E-state index in [4.69, 9.17) is 24.3 Å². The van der Waals surface area contributed by atoms with Gasteiger partial charge in [0.25, 0.3) is 0 Å². The smallest absolute Gasteiger partial charge is 0.462 e. The van der Waals surface area contributed by atoms with Crippen molar-refractivity contribution in [2.75, 3.05) is 26.4 Å². The zero-order valence-electron chi connectivity index (χ0n) is 29.8. The van der Waals surface area contributed by atoms with E-state index in [0.717, 1.165) is 83.5 Å². The highest BCUT2D eigenvalue weighted by atomic mass is 31.2. The molecule has 2 atom stereocenters. The van der Waals surface area contributed by atoms with E-state index in [1.165, 1.54) is 38.5 Å². The molecule has 0 aliphatic rings. The SMILES string of the molecule is CCCCC=CCCCCCCCC(=O)OC[C@H](COP(=O)(O)OCCN)OC(=O)CCCCCCCC=CCC=CCCCCC. The van der Waals surface area contributed by atoms with Gasteiger partial charge >= 0.3 is 19.8 Å². The van der Waals surface area contributed by atoms with E-state index in [9.17, 15) is 19.0 Å². The number of ether oxygens (including phenoxy) is 2. The van der Waals surface area contributed by atoms with E-state index in [-0.39, 0.29) is 32.6 Å². The summed E-state index contributed by atoms with van der Waals surface area (Å²) in [5.74, 6) is -0.860. The molecule has 0 aromatic heterocycles. The standard InChI is InChI=1S/C37H68NO8P/c1-3-5-7-9-11-13-15-16-17-18-20-22-24-26-28-30-37(40)46-35(34-45-47(41,42)44-32-31-38)33-43-36(39)29-27-25-23-21-19-14-12-10-8-6-4-2/h10-13,16-17,35H,3-9,14-15,18-34,38H2,1-2H3,(H,41,42)/t35-/m1/s1. The number of rotatable bonds is 34. The third kappa shape index (κ3) is 33.9. The third-order valence-electron chi connectivity index (χ3n) is 7.50. The van der Waals surface area contributed by atoms with Crippen molar-refractivity contribution >= 4 is 19.8 Å². The summed E-state index contributed by atoms with van der Waals surface area (Å²) in [6.07, 6.45) is 34.6. The molecule has 0 aliphatic heterocycles. The van der Waals surface area contributed by atoms with Gasteiger partial charge in [-0.25, -0.2) is 4.57 Å².